The number of hydrogen-bond donors (Lipinski definition) is 0. The first-order chi connectivity index (χ1) is 6.91. The third-order valence-corrected chi connectivity index (χ3v) is 1.81. The summed E-state index contributed by atoms with van der Waals surface area (Å²) >= 11 is 4.80. The van der Waals surface area contributed by atoms with E-state index >= 15 is 0 Å². The van der Waals surface area contributed by atoms with Crippen LogP contribution in [0.3, 0.4) is 0 Å². The fourth-order valence-electron chi connectivity index (χ4n) is 0.964. The maximum absolute atomic E-state index is 13.1. The third-order valence-electron chi connectivity index (χ3n) is 1.62. The average molecular weight is 243 g/mol. The van der Waals surface area contributed by atoms with Gasteiger partial charge in [0.15, 0.2) is 23.2 Å². The Bertz CT molecular complexity index is 433. The zero-order valence-corrected chi connectivity index (χ0v) is 7.96. The van der Waals surface area contributed by atoms with Crippen LogP contribution in [0.5, 0.6) is 5.75 Å². The Balaban J connectivity index is 3.68. The molecule has 2 nitrogen and oxygen atoms in total. The minimum atomic E-state index is -2.02. The van der Waals surface area contributed by atoms with Crippen LogP contribution >= 0.6 is 11.6 Å². The van der Waals surface area contributed by atoms with Crippen molar-refractivity contribution < 1.29 is 27.1 Å². The van der Waals surface area contributed by atoms with E-state index in [0.29, 0.717) is 0 Å². The second-order valence-electron chi connectivity index (χ2n) is 2.44. The molecule has 0 heterocycles. The van der Waals surface area contributed by atoms with Crippen molar-refractivity contribution in [2.45, 2.75) is 0 Å². The lowest BCUT2D eigenvalue weighted by Gasteiger charge is -2.08. The monoisotopic (exact) mass is 242 g/mol. The fourth-order valence-corrected chi connectivity index (χ4v) is 1.13. The van der Waals surface area contributed by atoms with E-state index in [9.17, 15) is 22.4 Å². The Morgan fingerprint density at radius 2 is 1.60 bits per heavy atom. The molecule has 0 atom stereocenters. The molecule has 0 saturated heterocycles. The summed E-state index contributed by atoms with van der Waals surface area (Å²) in [5.74, 6) is -8.72. The first-order valence-electron chi connectivity index (χ1n) is 3.51. The smallest absolute Gasteiger partial charge is 0.258 e. The van der Waals surface area contributed by atoms with Gasteiger partial charge in [-0.25, -0.2) is 13.2 Å². The average Bonchev–Trinajstić information content (AvgIpc) is 2.15. The highest BCUT2D eigenvalue weighted by molar-refractivity contribution is 6.67. The molecule has 0 N–H and O–H groups in total. The SMILES string of the molecule is COc1c(F)c(F)c(F)c(C(=O)Cl)c1F. The quantitative estimate of drug-likeness (QED) is 0.345. The normalized spacial score (nSPS) is 10.3. The van der Waals surface area contributed by atoms with E-state index in [0.717, 1.165) is 7.11 Å². The van der Waals surface area contributed by atoms with Gasteiger partial charge in [0.1, 0.15) is 5.56 Å². The number of halogens is 5. The van der Waals surface area contributed by atoms with Crippen LogP contribution in [0.25, 0.3) is 0 Å². The van der Waals surface area contributed by atoms with Crippen LogP contribution in [0.4, 0.5) is 17.6 Å². The molecule has 0 radical (unpaired) electrons. The van der Waals surface area contributed by atoms with Gasteiger partial charge in [-0.3, -0.25) is 4.79 Å². The van der Waals surface area contributed by atoms with Gasteiger partial charge in [0.25, 0.3) is 5.24 Å². The Morgan fingerprint density at radius 1 is 1.07 bits per heavy atom. The molecular weight excluding hydrogens is 240 g/mol. The van der Waals surface area contributed by atoms with E-state index in [1.165, 1.54) is 0 Å². The minimum absolute atomic E-state index is 0.835. The summed E-state index contributed by atoms with van der Waals surface area (Å²) in [4.78, 5) is 10.6. The number of carbonyl (C=O) groups is 1. The molecule has 0 bridgehead atoms. The number of ether oxygens (including phenoxy) is 1. The van der Waals surface area contributed by atoms with E-state index in [1.807, 2.05) is 0 Å². The summed E-state index contributed by atoms with van der Waals surface area (Å²) in [5.41, 5.74) is -1.38. The van der Waals surface area contributed by atoms with E-state index in [2.05, 4.69) is 4.74 Å². The highest BCUT2D eigenvalue weighted by atomic mass is 35.5. The standard InChI is InChI=1S/C8H3ClF4O2/c1-15-7-4(11)2(8(9)14)3(10)5(12)6(7)13/h1H3. The largest absolute Gasteiger partial charge is 0.491 e. The minimum Gasteiger partial charge on any atom is -0.491 e. The Labute approximate surface area is 86.4 Å². The first-order valence-corrected chi connectivity index (χ1v) is 3.89. The van der Waals surface area contributed by atoms with Crippen molar-refractivity contribution in [2.24, 2.45) is 0 Å². The van der Waals surface area contributed by atoms with Gasteiger partial charge in [0.05, 0.1) is 7.11 Å². The van der Waals surface area contributed by atoms with Crippen molar-refractivity contribution in [1.82, 2.24) is 0 Å². The molecule has 0 spiro atoms. The molecule has 82 valence electrons. The lowest BCUT2D eigenvalue weighted by molar-refractivity contribution is 0.107. The third kappa shape index (κ3) is 1.77. The van der Waals surface area contributed by atoms with Crippen molar-refractivity contribution >= 4 is 16.8 Å². The molecule has 0 fully saturated rings. The maximum atomic E-state index is 13.1. The molecule has 0 aliphatic carbocycles. The number of rotatable bonds is 2. The van der Waals surface area contributed by atoms with Gasteiger partial charge in [-0.1, -0.05) is 0 Å². The van der Waals surface area contributed by atoms with Gasteiger partial charge < -0.3 is 4.74 Å². The van der Waals surface area contributed by atoms with Crippen LogP contribution in [0.15, 0.2) is 0 Å². The number of carbonyl (C=O) groups excluding carboxylic acids is 1. The van der Waals surface area contributed by atoms with Crippen molar-refractivity contribution in [2.75, 3.05) is 7.11 Å². The van der Waals surface area contributed by atoms with Gasteiger partial charge in [-0.05, 0) is 11.6 Å². The van der Waals surface area contributed by atoms with Crippen molar-refractivity contribution in [3.8, 4) is 5.75 Å². The maximum Gasteiger partial charge on any atom is 0.258 e. The van der Waals surface area contributed by atoms with Crippen LogP contribution < -0.4 is 4.74 Å². The van der Waals surface area contributed by atoms with Crippen molar-refractivity contribution in [1.29, 1.82) is 0 Å². The summed E-state index contributed by atoms with van der Waals surface area (Å²) in [6.45, 7) is 0. The molecule has 0 aromatic heterocycles. The van der Waals surface area contributed by atoms with Crippen LogP contribution in [-0.2, 0) is 0 Å². The molecule has 0 amide bonds. The summed E-state index contributed by atoms with van der Waals surface area (Å²) in [6.07, 6.45) is 0. The molecule has 1 aromatic carbocycles. The lowest BCUT2D eigenvalue weighted by atomic mass is 10.2. The van der Waals surface area contributed by atoms with Gasteiger partial charge in [0, 0.05) is 0 Å². The molecule has 7 heteroatoms. The van der Waals surface area contributed by atoms with E-state index < -0.39 is 39.8 Å². The molecule has 1 rings (SSSR count). The first kappa shape index (κ1) is 11.8. The van der Waals surface area contributed by atoms with Crippen molar-refractivity contribution in [3.05, 3.63) is 28.8 Å². The highest BCUT2D eigenvalue weighted by Gasteiger charge is 2.29. The zero-order valence-electron chi connectivity index (χ0n) is 7.21. The lowest BCUT2D eigenvalue weighted by Crippen LogP contribution is -2.08. The van der Waals surface area contributed by atoms with Gasteiger partial charge in [-0.2, -0.15) is 4.39 Å². The number of hydrogen-bond acceptors (Lipinski definition) is 2. The van der Waals surface area contributed by atoms with Crippen LogP contribution in [-0.4, -0.2) is 12.4 Å². The topological polar surface area (TPSA) is 26.3 Å². The molecule has 0 aliphatic rings. The Morgan fingerprint density at radius 3 is 2.00 bits per heavy atom. The van der Waals surface area contributed by atoms with Crippen LogP contribution in [0.2, 0.25) is 0 Å². The Hall–Kier alpha value is -1.30. The Kier molecular flexibility index (Phi) is 3.18. The summed E-state index contributed by atoms with van der Waals surface area (Å²) < 4.78 is 55.8. The zero-order chi connectivity index (χ0) is 11.7. The molecule has 1 aromatic rings. The van der Waals surface area contributed by atoms with E-state index in [1.54, 1.807) is 0 Å². The second-order valence-corrected chi connectivity index (χ2v) is 2.78. The number of methoxy groups -OCH3 is 1. The molecule has 0 aliphatic heterocycles. The van der Waals surface area contributed by atoms with Crippen molar-refractivity contribution in [3.63, 3.8) is 0 Å². The number of benzene rings is 1. The van der Waals surface area contributed by atoms with E-state index in [-0.39, 0.29) is 0 Å². The van der Waals surface area contributed by atoms with Crippen LogP contribution in [0.1, 0.15) is 10.4 Å². The molecule has 0 saturated carbocycles. The fraction of sp³-hybridized carbons (Fsp3) is 0.125. The molecule has 15 heavy (non-hydrogen) atoms. The predicted octanol–water partition coefficient (Wildman–Crippen LogP) is 2.63. The summed E-state index contributed by atoms with van der Waals surface area (Å²) in [6, 6.07) is 0. The second kappa shape index (κ2) is 4.06. The summed E-state index contributed by atoms with van der Waals surface area (Å²) in [5, 5.41) is -1.58. The van der Waals surface area contributed by atoms with Gasteiger partial charge in [-0.15, -0.1) is 0 Å². The van der Waals surface area contributed by atoms with E-state index in [4.69, 9.17) is 11.6 Å². The van der Waals surface area contributed by atoms with Gasteiger partial charge in [0.2, 0.25) is 5.82 Å². The van der Waals surface area contributed by atoms with Crippen LogP contribution in [0, 0.1) is 23.3 Å². The molecule has 0 unspecified atom stereocenters. The van der Waals surface area contributed by atoms with Gasteiger partial charge >= 0.3 is 0 Å². The molecular formula is C8H3ClF4O2. The summed E-state index contributed by atoms with van der Waals surface area (Å²) in [7, 11) is 0.835. The highest BCUT2D eigenvalue weighted by Crippen LogP contribution is 2.30. The predicted molar refractivity (Wildman–Crippen MR) is 43.0 cm³/mol.